The van der Waals surface area contributed by atoms with Gasteiger partial charge in [0.1, 0.15) is 0 Å². The standard InChI is InChI=1S/C51H38N2O/c1-51(2)44-17-9-10-18-45(44)53-46-19-11-12-20-47(46)54-48-34-33-43(49(51)50(48)53)39-25-31-42(32-26-39)52(40-27-21-37(22-28-40)35-13-5-3-6-14-35)41-29-23-38(24-30-41)36-15-7-4-8-16-36/h3-34H,1-2H3. The molecule has 0 radical (unpaired) electrons. The van der Waals surface area contributed by atoms with Gasteiger partial charge in [-0.1, -0.05) is 147 Å². The fraction of sp³-hybridized carbons (Fsp3) is 0.0588. The van der Waals surface area contributed by atoms with E-state index >= 15 is 0 Å². The molecule has 0 unspecified atom stereocenters. The summed E-state index contributed by atoms with van der Waals surface area (Å²) in [5.74, 6) is 1.76. The third kappa shape index (κ3) is 5.20. The highest BCUT2D eigenvalue weighted by atomic mass is 16.5. The predicted octanol–water partition coefficient (Wildman–Crippen LogP) is 14.4. The molecule has 8 aromatic carbocycles. The average molecular weight is 695 g/mol. The van der Waals surface area contributed by atoms with Gasteiger partial charge >= 0.3 is 0 Å². The topological polar surface area (TPSA) is 15.7 Å². The normalized spacial score (nSPS) is 13.3. The zero-order valence-corrected chi connectivity index (χ0v) is 30.3. The van der Waals surface area contributed by atoms with E-state index in [-0.39, 0.29) is 5.41 Å². The summed E-state index contributed by atoms with van der Waals surface area (Å²) in [5, 5.41) is 0. The van der Waals surface area contributed by atoms with E-state index in [0.717, 1.165) is 39.9 Å². The smallest absolute Gasteiger partial charge is 0.151 e. The van der Waals surface area contributed by atoms with Crippen molar-refractivity contribution in [3.63, 3.8) is 0 Å². The molecule has 0 fully saturated rings. The van der Waals surface area contributed by atoms with Crippen LogP contribution in [0.4, 0.5) is 34.1 Å². The van der Waals surface area contributed by atoms with Crippen LogP contribution in [0.25, 0.3) is 33.4 Å². The Morgan fingerprint density at radius 2 is 0.870 bits per heavy atom. The van der Waals surface area contributed by atoms with Gasteiger partial charge in [0.25, 0.3) is 0 Å². The number of nitrogens with zero attached hydrogens (tertiary/aromatic N) is 2. The summed E-state index contributed by atoms with van der Waals surface area (Å²) in [6.45, 7) is 4.69. The van der Waals surface area contributed by atoms with Gasteiger partial charge in [-0.3, -0.25) is 0 Å². The van der Waals surface area contributed by atoms with Gasteiger partial charge in [-0.25, -0.2) is 0 Å². The number of rotatable bonds is 6. The lowest BCUT2D eigenvalue weighted by molar-refractivity contribution is 0.471. The molecule has 0 spiro atoms. The summed E-state index contributed by atoms with van der Waals surface area (Å²) in [7, 11) is 0. The zero-order valence-electron chi connectivity index (χ0n) is 30.3. The van der Waals surface area contributed by atoms with Crippen LogP contribution in [0.5, 0.6) is 11.5 Å². The Labute approximate surface area is 317 Å². The van der Waals surface area contributed by atoms with E-state index in [2.05, 4.69) is 212 Å². The van der Waals surface area contributed by atoms with Crippen LogP contribution in [0.1, 0.15) is 25.0 Å². The lowest BCUT2D eigenvalue weighted by atomic mass is 9.70. The van der Waals surface area contributed by atoms with E-state index < -0.39 is 0 Å². The Bertz CT molecular complexity index is 2550. The van der Waals surface area contributed by atoms with Crippen LogP contribution in [0.3, 0.4) is 0 Å². The van der Waals surface area contributed by atoms with Crippen molar-refractivity contribution in [2.24, 2.45) is 0 Å². The Hall–Kier alpha value is -6.84. The van der Waals surface area contributed by atoms with Crippen LogP contribution in [-0.4, -0.2) is 0 Å². The second-order valence-electron chi connectivity index (χ2n) is 14.6. The number of anilines is 6. The molecule has 0 atom stereocenters. The quantitative estimate of drug-likeness (QED) is 0.172. The zero-order chi connectivity index (χ0) is 36.2. The summed E-state index contributed by atoms with van der Waals surface area (Å²) in [5.41, 5.74) is 16.2. The molecule has 0 saturated carbocycles. The number of hydrogen-bond donors (Lipinski definition) is 0. The first-order valence-electron chi connectivity index (χ1n) is 18.6. The number of para-hydroxylation sites is 3. The molecule has 0 bridgehead atoms. The van der Waals surface area contributed by atoms with E-state index in [9.17, 15) is 0 Å². The fourth-order valence-corrected chi connectivity index (χ4v) is 8.40. The van der Waals surface area contributed by atoms with Gasteiger partial charge in [-0.05, 0) is 105 Å². The van der Waals surface area contributed by atoms with E-state index in [1.54, 1.807) is 0 Å². The molecule has 0 N–H and O–H groups in total. The van der Waals surface area contributed by atoms with Crippen LogP contribution < -0.4 is 14.5 Å². The lowest BCUT2D eigenvalue weighted by Crippen LogP contribution is -2.33. The van der Waals surface area contributed by atoms with Crippen molar-refractivity contribution < 1.29 is 4.74 Å². The molecular formula is C51H38N2O. The Morgan fingerprint density at radius 3 is 1.44 bits per heavy atom. The van der Waals surface area contributed by atoms with Crippen molar-refractivity contribution in [1.29, 1.82) is 0 Å². The minimum atomic E-state index is -0.269. The van der Waals surface area contributed by atoms with E-state index in [1.165, 1.54) is 50.2 Å². The molecule has 54 heavy (non-hydrogen) atoms. The van der Waals surface area contributed by atoms with Gasteiger partial charge < -0.3 is 14.5 Å². The molecule has 8 aromatic rings. The Morgan fingerprint density at radius 1 is 0.407 bits per heavy atom. The molecular weight excluding hydrogens is 657 g/mol. The summed E-state index contributed by atoms with van der Waals surface area (Å²) in [4.78, 5) is 4.75. The van der Waals surface area contributed by atoms with Gasteiger partial charge in [0, 0.05) is 22.5 Å². The van der Waals surface area contributed by atoms with Gasteiger partial charge in [0.05, 0.1) is 17.1 Å². The number of benzene rings is 8. The van der Waals surface area contributed by atoms with Crippen molar-refractivity contribution in [1.82, 2.24) is 0 Å². The second-order valence-corrected chi connectivity index (χ2v) is 14.6. The first-order chi connectivity index (χ1) is 26.5. The predicted molar refractivity (Wildman–Crippen MR) is 224 cm³/mol. The molecule has 258 valence electrons. The van der Waals surface area contributed by atoms with Crippen molar-refractivity contribution in [2.75, 3.05) is 9.80 Å². The Balaban J connectivity index is 1.08. The first kappa shape index (κ1) is 31.9. The maximum atomic E-state index is 6.60. The maximum Gasteiger partial charge on any atom is 0.151 e. The fourth-order valence-electron chi connectivity index (χ4n) is 8.40. The van der Waals surface area contributed by atoms with Crippen molar-refractivity contribution >= 4 is 34.1 Å². The van der Waals surface area contributed by atoms with Crippen molar-refractivity contribution in [3.8, 4) is 44.9 Å². The van der Waals surface area contributed by atoms with Crippen LogP contribution in [-0.2, 0) is 5.41 Å². The third-order valence-electron chi connectivity index (χ3n) is 11.0. The largest absolute Gasteiger partial charge is 0.453 e. The first-order valence-corrected chi connectivity index (χ1v) is 18.6. The molecule has 2 aliphatic rings. The van der Waals surface area contributed by atoms with E-state index in [0.29, 0.717) is 0 Å². The van der Waals surface area contributed by atoms with Gasteiger partial charge in [0.2, 0.25) is 0 Å². The summed E-state index contributed by atoms with van der Waals surface area (Å²) in [6, 6.07) is 69.5. The summed E-state index contributed by atoms with van der Waals surface area (Å²) in [6.07, 6.45) is 0. The van der Waals surface area contributed by atoms with Crippen LogP contribution in [0.15, 0.2) is 194 Å². The minimum absolute atomic E-state index is 0.269. The molecule has 2 heterocycles. The van der Waals surface area contributed by atoms with E-state index in [1.807, 2.05) is 6.07 Å². The van der Waals surface area contributed by atoms with Gasteiger partial charge in [-0.15, -0.1) is 0 Å². The average Bonchev–Trinajstić information content (AvgIpc) is 3.23. The second kappa shape index (κ2) is 12.7. The highest BCUT2D eigenvalue weighted by Gasteiger charge is 2.43. The summed E-state index contributed by atoms with van der Waals surface area (Å²) >= 11 is 0. The third-order valence-corrected chi connectivity index (χ3v) is 11.0. The highest BCUT2D eigenvalue weighted by molar-refractivity contribution is 5.97. The minimum Gasteiger partial charge on any atom is -0.453 e. The number of ether oxygens (including phenoxy) is 1. The number of fused-ring (bicyclic) bond motifs is 4. The van der Waals surface area contributed by atoms with Gasteiger partial charge in [0.15, 0.2) is 11.5 Å². The molecule has 3 heteroatoms. The molecule has 10 rings (SSSR count). The molecule has 0 aliphatic carbocycles. The molecule has 3 nitrogen and oxygen atoms in total. The Kier molecular flexibility index (Phi) is 7.48. The highest BCUT2D eigenvalue weighted by Crippen LogP contribution is 2.61. The molecule has 0 saturated heterocycles. The van der Waals surface area contributed by atoms with Gasteiger partial charge in [-0.2, -0.15) is 0 Å². The molecule has 0 aromatic heterocycles. The molecule has 0 amide bonds. The monoisotopic (exact) mass is 694 g/mol. The van der Waals surface area contributed by atoms with Crippen LogP contribution >= 0.6 is 0 Å². The molecule has 2 aliphatic heterocycles. The van der Waals surface area contributed by atoms with E-state index in [4.69, 9.17) is 4.74 Å². The number of hydrogen-bond acceptors (Lipinski definition) is 3. The summed E-state index contributed by atoms with van der Waals surface area (Å²) < 4.78 is 6.60. The maximum absolute atomic E-state index is 6.60. The van der Waals surface area contributed by atoms with Crippen molar-refractivity contribution in [2.45, 2.75) is 19.3 Å². The van der Waals surface area contributed by atoms with Crippen LogP contribution in [0.2, 0.25) is 0 Å². The van der Waals surface area contributed by atoms with Crippen molar-refractivity contribution in [3.05, 3.63) is 205 Å². The lowest BCUT2D eigenvalue weighted by Gasteiger charge is -2.45. The SMILES string of the molecule is CC1(C)c2ccccc2N2c3ccccc3Oc3ccc(-c4ccc(N(c5ccc(-c6ccccc6)cc5)c5ccc(-c6ccccc6)cc5)cc4)c1c32. The van der Waals surface area contributed by atoms with Crippen LogP contribution in [0, 0.1) is 0 Å².